The largest absolute Gasteiger partial charge is 0.508 e. The zero-order valence-corrected chi connectivity index (χ0v) is 18.6. The molecule has 4 rings (SSSR count). The van der Waals surface area contributed by atoms with Crippen molar-refractivity contribution in [2.75, 3.05) is 39.3 Å². The van der Waals surface area contributed by atoms with Crippen LogP contribution in [0.15, 0.2) is 27.4 Å². The number of phenols is 1. The Hall–Kier alpha value is -2.38. The molecule has 1 N–H and O–H groups in total. The first kappa shape index (κ1) is 21.8. The fourth-order valence-corrected chi connectivity index (χ4v) is 4.82. The highest BCUT2D eigenvalue weighted by molar-refractivity contribution is 5.82. The van der Waals surface area contributed by atoms with Crippen molar-refractivity contribution >= 4 is 16.9 Å². The van der Waals surface area contributed by atoms with Gasteiger partial charge in [-0.2, -0.15) is 0 Å². The Morgan fingerprint density at radius 1 is 1.06 bits per heavy atom. The molecule has 3 heterocycles. The molecule has 168 valence electrons. The molecule has 0 spiro atoms. The van der Waals surface area contributed by atoms with Crippen molar-refractivity contribution in [3.63, 3.8) is 0 Å². The summed E-state index contributed by atoms with van der Waals surface area (Å²) < 4.78 is 5.31. The minimum atomic E-state index is -0.397. The molecule has 2 saturated heterocycles. The van der Waals surface area contributed by atoms with Crippen LogP contribution in [0.5, 0.6) is 5.75 Å². The van der Waals surface area contributed by atoms with E-state index >= 15 is 0 Å². The number of carbonyl (C=O) groups is 1. The molecule has 0 saturated carbocycles. The van der Waals surface area contributed by atoms with E-state index in [9.17, 15) is 14.7 Å². The van der Waals surface area contributed by atoms with Crippen LogP contribution in [0.2, 0.25) is 0 Å². The van der Waals surface area contributed by atoms with E-state index in [1.54, 1.807) is 12.1 Å². The third-order valence-electron chi connectivity index (χ3n) is 6.75. The monoisotopic (exact) mass is 427 g/mol. The van der Waals surface area contributed by atoms with E-state index in [1.807, 2.05) is 17.9 Å². The molecule has 0 aliphatic carbocycles. The van der Waals surface area contributed by atoms with Gasteiger partial charge < -0.3 is 14.4 Å². The maximum absolute atomic E-state index is 12.7. The number of likely N-dealkylation sites (tertiary alicyclic amines) is 1. The maximum atomic E-state index is 12.7. The summed E-state index contributed by atoms with van der Waals surface area (Å²) in [6, 6.07) is 5.39. The van der Waals surface area contributed by atoms with Crippen LogP contribution in [-0.2, 0) is 17.8 Å². The summed E-state index contributed by atoms with van der Waals surface area (Å²) >= 11 is 0. The lowest BCUT2D eigenvalue weighted by molar-refractivity contribution is -0.136. The standard InChI is InChI=1S/C24H33N3O4/c1-3-18-12-20-19(13-24(30)31-22(20)14-21(18)28)15-25-8-10-26(11-9-25)16-23(29)27-7-5-4-6-17(27)2/h12-14,17,28H,3-11,15-16H2,1-2H3. The van der Waals surface area contributed by atoms with Crippen molar-refractivity contribution in [2.45, 2.75) is 52.1 Å². The van der Waals surface area contributed by atoms with Crippen LogP contribution in [-0.4, -0.2) is 71.0 Å². The molecule has 1 amide bonds. The van der Waals surface area contributed by atoms with Crippen molar-refractivity contribution in [3.8, 4) is 5.75 Å². The van der Waals surface area contributed by atoms with Crippen LogP contribution < -0.4 is 5.63 Å². The Morgan fingerprint density at radius 3 is 2.52 bits per heavy atom. The molecule has 0 bridgehead atoms. The number of hydrogen-bond donors (Lipinski definition) is 1. The predicted octanol–water partition coefficient (Wildman–Crippen LogP) is 2.58. The number of aryl methyl sites for hydroxylation is 1. The zero-order chi connectivity index (χ0) is 22.0. The van der Waals surface area contributed by atoms with E-state index in [0.717, 1.165) is 62.1 Å². The third kappa shape index (κ3) is 4.93. The number of amides is 1. The Balaban J connectivity index is 1.39. The summed E-state index contributed by atoms with van der Waals surface area (Å²) in [4.78, 5) is 31.4. The van der Waals surface area contributed by atoms with Crippen LogP contribution in [0.1, 0.15) is 44.2 Å². The summed E-state index contributed by atoms with van der Waals surface area (Å²) in [6.45, 7) is 9.56. The molecule has 0 radical (unpaired) electrons. The highest BCUT2D eigenvalue weighted by Crippen LogP contribution is 2.27. The first-order chi connectivity index (χ1) is 14.9. The number of nitrogens with zero attached hydrogens (tertiary/aromatic N) is 3. The third-order valence-corrected chi connectivity index (χ3v) is 6.75. The van der Waals surface area contributed by atoms with Crippen LogP contribution >= 0.6 is 0 Å². The minimum Gasteiger partial charge on any atom is -0.508 e. The fraction of sp³-hybridized carbons (Fsp3) is 0.583. The van der Waals surface area contributed by atoms with Crippen molar-refractivity contribution in [1.29, 1.82) is 0 Å². The molecule has 2 aromatic rings. The highest BCUT2D eigenvalue weighted by Gasteiger charge is 2.26. The molecule has 1 aromatic carbocycles. The highest BCUT2D eigenvalue weighted by atomic mass is 16.4. The molecule has 2 aliphatic rings. The summed E-state index contributed by atoms with van der Waals surface area (Å²) in [5, 5.41) is 11.0. The van der Waals surface area contributed by atoms with Crippen molar-refractivity contribution in [3.05, 3.63) is 39.7 Å². The second-order valence-electron chi connectivity index (χ2n) is 8.91. The number of hydrogen-bond acceptors (Lipinski definition) is 6. The topological polar surface area (TPSA) is 77.2 Å². The summed E-state index contributed by atoms with van der Waals surface area (Å²) in [5.74, 6) is 0.413. The number of fused-ring (bicyclic) bond motifs is 1. The quantitative estimate of drug-likeness (QED) is 0.739. The number of carbonyl (C=O) groups excluding carboxylic acids is 1. The average molecular weight is 428 g/mol. The predicted molar refractivity (Wildman–Crippen MR) is 120 cm³/mol. The van der Waals surface area contributed by atoms with E-state index in [2.05, 4.69) is 16.7 Å². The summed E-state index contributed by atoms with van der Waals surface area (Å²) in [7, 11) is 0. The lowest BCUT2D eigenvalue weighted by atomic mass is 10.0. The zero-order valence-electron chi connectivity index (χ0n) is 18.6. The van der Waals surface area contributed by atoms with Gasteiger partial charge in [0.05, 0.1) is 6.54 Å². The normalized spacial score (nSPS) is 21.0. The van der Waals surface area contributed by atoms with Gasteiger partial charge in [-0.3, -0.25) is 14.6 Å². The molecule has 7 heteroatoms. The van der Waals surface area contributed by atoms with E-state index in [-0.39, 0.29) is 11.7 Å². The van der Waals surface area contributed by atoms with Gasteiger partial charge in [-0.25, -0.2) is 4.79 Å². The molecule has 7 nitrogen and oxygen atoms in total. The van der Waals surface area contributed by atoms with E-state index in [1.165, 1.54) is 6.42 Å². The van der Waals surface area contributed by atoms with E-state index < -0.39 is 5.63 Å². The van der Waals surface area contributed by atoms with Crippen molar-refractivity contribution < 1.29 is 14.3 Å². The molecule has 2 fully saturated rings. The lowest BCUT2D eigenvalue weighted by Crippen LogP contribution is -2.51. The molecule has 31 heavy (non-hydrogen) atoms. The van der Waals surface area contributed by atoms with Gasteiger partial charge in [-0.15, -0.1) is 0 Å². The van der Waals surface area contributed by atoms with Gasteiger partial charge in [0.1, 0.15) is 11.3 Å². The molecular formula is C24H33N3O4. The summed E-state index contributed by atoms with van der Waals surface area (Å²) in [5.41, 5.74) is 1.80. The SMILES string of the molecule is CCc1cc2c(CN3CCN(CC(=O)N4CCCCC4C)CC3)cc(=O)oc2cc1O. The average Bonchev–Trinajstić information content (AvgIpc) is 2.75. The van der Waals surface area contributed by atoms with Gasteiger partial charge in [0, 0.05) is 62.8 Å². The van der Waals surface area contributed by atoms with Gasteiger partial charge in [-0.1, -0.05) is 6.92 Å². The Morgan fingerprint density at radius 2 is 1.81 bits per heavy atom. The molecule has 1 aromatic heterocycles. The van der Waals surface area contributed by atoms with Crippen LogP contribution in [0.3, 0.4) is 0 Å². The van der Waals surface area contributed by atoms with E-state index in [4.69, 9.17) is 4.42 Å². The van der Waals surface area contributed by atoms with Crippen LogP contribution in [0, 0.1) is 0 Å². The van der Waals surface area contributed by atoms with Gasteiger partial charge in [0.2, 0.25) is 5.91 Å². The first-order valence-electron chi connectivity index (χ1n) is 11.5. The molecule has 1 atom stereocenters. The lowest BCUT2D eigenvalue weighted by Gasteiger charge is -2.38. The molecule has 1 unspecified atom stereocenters. The smallest absolute Gasteiger partial charge is 0.336 e. The number of aromatic hydroxyl groups is 1. The van der Waals surface area contributed by atoms with Gasteiger partial charge in [0.25, 0.3) is 0 Å². The Kier molecular flexibility index (Phi) is 6.62. The number of piperazine rings is 1. The van der Waals surface area contributed by atoms with Crippen LogP contribution in [0.25, 0.3) is 11.0 Å². The van der Waals surface area contributed by atoms with Gasteiger partial charge in [-0.05, 0) is 49.8 Å². The van der Waals surface area contributed by atoms with Gasteiger partial charge >= 0.3 is 5.63 Å². The molecular weight excluding hydrogens is 394 g/mol. The Labute approximate surface area is 183 Å². The second kappa shape index (κ2) is 9.40. The molecule has 2 aliphatic heterocycles. The van der Waals surface area contributed by atoms with Gasteiger partial charge in [0.15, 0.2) is 0 Å². The maximum Gasteiger partial charge on any atom is 0.336 e. The number of benzene rings is 1. The first-order valence-corrected chi connectivity index (χ1v) is 11.5. The number of piperidine rings is 1. The van der Waals surface area contributed by atoms with Crippen molar-refractivity contribution in [2.24, 2.45) is 0 Å². The number of rotatable bonds is 5. The Bertz CT molecular complexity index is 994. The minimum absolute atomic E-state index is 0.164. The van der Waals surface area contributed by atoms with E-state index in [0.29, 0.717) is 31.1 Å². The van der Waals surface area contributed by atoms with Crippen LogP contribution in [0.4, 0.5) is 0 Å². The second-order valence-corrected chi connectivity index (χ2v) is 8.91. The summed E-state index contributed by atoms with van der Waals surface area (Å²) in [6.07, 6.45) is 4.15. The fourth-order valence-electron chi connectivity index (χ4n) is 4.82. The number of phenolic OH excluding ortho intramolecular Hbond substituents is 1. The van der Waals surface area contributed by atoms with Crippen molar-refractivity contribution in [1.82, 2.24) is 14.7 Å².